The molecular weight excluding hydrogens is 625 g/mol. The molecular formula is C36H36FNO8S. The van der Waals surface area contributed by atoms with Gasteiger partial charge in [-0.2, -0.15) is 0 Å². The van der Waals surface area contributed by atoms with Crippen molar-refractivity contribution >= 4 is 22.7 Å². The molecule has 4 aromatic rings. The lowest BCUT2D eigenvalue weighted by Gasteiger charge is -2.40. The molecule has 6 rings (SSSR count). The Morgan fingerprint density at radius 2 is 1.53 bits per heavy atom. The van der Waals surface area contributed by atoms with Gasteiger partial charge in [0.1, 0.15) is 42.1 Å². The lowest BCUT2D eigenvalue weighted by molar-refractivity contribution is -0.231. The smallest absolute Gasteiger partial charge is 0.287 e. The van der Waals surface area contributed by atoms with Crippen molar-refractivity contribution in [2.24, 2.45) is 0 Å². The number of para-hydroxylation sites is 1. The maximum Gasteiger partial charge on any atom is 0.287 e. The third-order valence-corrected chi connectivity index (χ3v) is 10.1. The van der Waals surface area contributed by atoms with Crippen molar-refractivity contribution in [3.05, 3.63) is 120 Å². The first-order valence-corrected chi connectivity index (χ1v) is 16.3. The highest BCUT2D eigenvalue weighted by atomic mass is 32.2. The molecule has 0 bridgehead atoms. The summed E-state index contributed by atoms with van der Waals surface area (Å²) in [5, 5.41) is 62.1. The Morgan fingerprint density at radius 1 is 0.851 bits per heavy atom. The molecule has 8 atom stereocenters. The predicted molar refractivity (Wildman–Crippen MR) is 175 cm³/mol. The first-order valence-electron chi connectivity index (χ1n) is 15.4. The van der Waals surface area contributed by atoms with Crippen LogP contribution in [-0.2, 0) is 4.74 Å². The van der Waals surface area contributed by atoms with Crippen molar-refractivity contribution in [3.8, 4) is 16.9 Å². The Bertz CT molecular complexity index is 1670. The number of rotatable bonds is 9. The molecule has 1 amide bonds. The minimum Gasteiger partial charge on any atom is -0.508 e. The van der Waals surface area contributed by atoms with E-state index in [0.29, 0.717) is 40.8 Å². The number of hydrogen-bond donors (Lipinski definition) is 6. The van der Waals surface area contributed by atoms with Crippen molar-refractivity contribution in [1.29, 1.82) is 0 Å². The topological polar surface area (TPSA) is 151 Å². The van der Waals surface area contributed by atoms with Gasteiger partial charge in [-0.1, -0.05) is 78.5 Å². The number of amides is 1. The van der Waals surface area contributed by atoms with E-state index in [4.69, 9.17) is 4.74 Å². The molecule has 2 fully saturated rings. The highest BCUT2D eigenvalue weighted by Crippen LogP contribution is 2.49. The van der Waals surface area contributed by atoms with E-state index in [1.54, 1.807) is 53.4 Å². The minimum absolute atomic E-state index is 0.00850. The zero-order valence-corrected chi connectivity index (χ0v) is 26.0. The third-order valence-electron chi connectivity index (χ3n) is 8.91. The lowest BCUT2D eigenvalue weighted by atomic mass is 9.90. The van der Waals surface area contributed by atoms with Crippen molar-refractivity contribution in [1.82, 2.24) is 0 Å². The van der Waals surface area contributed by atoms with Crippen LogP contribution in [0, 0.1) is 5.82 Å². The molecule has 47 heavy (non-hydrogen) atoms. The monoisotopic (exact) mass is 661 g/mol. The third kappa shape index (κ3) is 6.79. The Kier molecular flexibility index (Phi) is 9.95. The second-order valence-corrected chi connectivity index (χ2v) is 13.1. The van der Waals surface area contributed by atoms with Crippen LogP contribution in [0.3, 0.4) is 0 Å². The number of phenolic OH excluding ortho intramolecular Hbond substituents is 1. The summed E-state index contributed by atoms with van der Waals surface area (Å²) in [7, 11) is 0. The highest BCUT2D eigenvalue weighted by molar-refractivity contribution is 8.14. The molecule has 9 nitrogen and oxygen atoms in total. The standard InChI is InChI=1S/C36H36FNO8S/c37-24-13-10-21(11-14-24)27(40)16-17-30-31(38(36(45)47-30)25-4-2-1-3-5-25)26-15-12-23(18-28(26)41)20-6-8-22(9-7-20)35-34(44)33(43)32(42)29(19-39)46-35/h1-15,18,27,29-35,39-44H,16-17,19H2/t27?,29-,30+,31-,32-,33+,34-,35+/m1/s1. The second kappa shape index (κ2) is 14.1. The van der Waals surface area contributed by atoms with E-state index in [1.165, 1.54) is 12.1 Å². The largest absolute Gasteiger partial charge is 0.508 e. The average molecular weight is 662 g/mol. The number of ether oxygens (including phenoxy) is 1. The number of aliphatic hydroxyl groups is 5. The van der Waals surface area contributed by atoms with E-state index in [2.05, 4.69) is 0 Å². The molecule has 6 N–H and O–H groups in total. The summed E-state index contributed by atoms with van der Waals surface area (Å²) in [4.78, 5) is 15.1. The number of hydrogen-bond acceptors (Lipinski definition) is 9. The molecule has 0 spiro atoms. The molecule has 0 aliphatic carbocycles. The van der Waals surface area contributed by atoms with Gasteiger partial charge < -0.3 is 35.4 Å². The van der Waals surface area contributed by atoms with Crippen molar-refractivity contribution in [3.63, 3.8) is 0 Å². The van der Waals surface area contributed by atoms with Gasteiger partial charge in [-0.05, 0) is 65.4 Å². The predicted octanol–water partition coefficient (Wildman–Crippen LogP) is 5.01. The fourth-order valence-corrected chi connectivity index (χ4v) is 7.57. The molecule has 0 aromatic heterocycles. The van der Waals surface area contributed by atoms with E-state index in [1.807, 2.05) is 36.4 Å². The normalized spacial score (nSPS) is 26.8. The van der Waals surface area contributed by atoms with E-state index < -0.39 is 49.3 Å². The Hall–Kier alpha value is -3.81. The van der Waals surface area contributed by atoms with E-state index >= 15 is 0 Å². The van der Waals surface area contributed by atoms with Crippen LogP contribution in [0.4, 0.5) is 14.9 Å². The summed E-state index contributed by atoms with van der Waals surface area (Å²) in [5.74, 6) is -0.397. The Morgan fingerprint density at radius 3 is 2.19 bits per heavy atom. The zero-order chi connectivity index (χ0) is 33.2. The van der Waals surface area contributed by atoms with Gasteiger partial charge in [-0.3, -0.25) is 9.69 Å². The minimum atomic E-state index is -1.49. The van der Waals surface area contributed by atoms with Crippen LogP contribution in [0.1, 0.15) is 47.8 Å². The number of nitrogens with zero attached hydrogens (tertiary/aromatic N) is 1. The van der Waals surface area contributed by atoms with Crippen LogP contribution in [0.2, 0.25) is 0 Å². The number of aliphatic hydroxyl groups excluding tert-OH is 5. The maximum absolute atomic E-state index is 13.4. The number of phenols is 1. The van der Waals surface area contributed by atoms with Crippen molar-refractivity contribution in [2.45, 2.75) is 60.8 Å². The van der Waals surface area contributed by atoms with Gasteiger partial charge in [0.25, 0.3) is 5.24 Å². The molecule has 0 saturated carbocycles. The number of thioether (sulfide) groups is 1. The average Bonchev–Trinajstić information content (AvgIpc) is 3.42. The summed E-state index contributed by atoms with van der Waals surface area (Å²) < 4.78 is 19.1. The molecule has 2 saturated heterocycles. The van der Waals surface area contributed by atoms with Crippen LogP contribution in [0.25, 0.3) is 11.1 Å². The number of carbonyl (C=O) groups excluding carboxylic acids is 1. The molecule has 4 aromatic carbocycles. The fourth-order valence-electron chi connectivity index (χ4n) is 6.33. The number of anilines is 1. The summed E-state index contributed by atoms with van der Waals surface area (Å²) in [6.45, 7) is -0.520. The maximum atomic E-state index is 13.4. The molecule has 0 radical (unpaired) electrons. The first kappa shape index (κ1) is 33.1. The van der Waals surface area contributed by atoms with E-state index in [-0.39, 0.29) is 22.1 Å². The fraction of sp³-hybridized carbons (Fsp3) is 0.306. The van der Waals surface area contributed by atoms with Gasteiger partial charge in [0.05, 0.1) is 18.8 Å². The number of carbonyl (C=O) groups is 1. The quantitative estimate of drug-likeness (QED) is 0.146. The Labute approximate surface area is 275 Å². The summed E-state index contributed by atoms with van der Waals surface area (Å²) in [5.41, 5.74) is 3.80. The molecule has 2 aliphatic heterocycles. The van der Waals surface area contributed by atoms with Gasteiger partial charge in [-0.15, -0.1) is 0 Å². The summed E-state index contributed by atoms with van der Waals surface area (Å²) in [6, 6.07) is 26.6. The molecule has 2 aliphatic rings. The van der Waals surface area contributed by atoms with Crippen molar-refractivity contribution in [2.75, 3.05) is 11.5 Å². The Balaban J connectivity index is 1.25. The molecule has 2 heterocycles. The van der Waals surface area contributed by atoms with Crippen LogP contribution >= 0.6 is 11.8 Å². The lowest BCUT2D eigenvalue weighted by Crippen LogP contribution is -2.55. The molecule has 1 unspecified atom stereocenters. The van der Waals surface area contributed by atoms with Gasteiger partial charge in [0, 0.05) is 16.5 Å². The van der Waals surface area contributed by atoms with Crippen LogP contribution < -0.4 is 4.90 Å². The van der Waals surface area contributed by atoms with Crippen LogP contribution in [-0.4, -0.2) is 72.2 Å². The van der Waals surface area contributed by atoms with E-state index in [9.17, 15) is 39.8 Å². The van der Waals surface area contributed by atoms with Gasteiger partial charge >= 0.3 is 0 Å². The van der Waals surface area contributed by atoms with E-state index in [0.717, 1.165) is 17.3 Å². The van der Waals surface area contributed by atoms with Gasteiger partial charge in [0.15, 0.2) is 0 Å². The molecule has 246 valence electrons. The number of aromatic hydroxyl groups is 1. The number of halogens is 1. The first-order chi connectivity index (χ1) is 22.7. The number of benzene rings is 4. The summed E-state index contributed by atoms with van der Waals surface area (Å²) in [6.07, 6.45) is -6.38. The highest BCUT2D eigenvalue weighted by Gasteiger charge is 2.45. The SMILES string of the molecule is O=C1S[C@@H](CCC(O)c2ccc(F)cc2)[C@@H](c2ccc(-c3ccc([C@@H]4O[C@H](CO)[C@@H](O)[C@H](O)[C@H]4O)cc3)cc2O)N1c1ccccc1. The van der Waals surface area contributed by atoms with Crippen LogP contribution in [0.5, 0.6) is 5.75 Å². The van der Waals surface area contributed by atoms with Gasteiger partial charge in [-0.25, -0.2) is 4.39 Å². The van der Waals surface area contributed by atoms with Crippen molar-refractivity contribution < 1.29 is 44.6 Å². The zero-order valence-electron chi connectivity index (χ0n) is 25.2. The van der Waals surface area contributed by atoms with Gasteiger partial charge in [0.2, 0.25) is 0 Å². The summed E-state index contributed by atoms with van der Waals surface area (Å²) >= 11 is 1.16. The van der Waals surface area contributed by atoms with Crippen LogP contribution in [0.15, 0.2) is 97.1 Å². The molecule has 11 heteroatoms. The second-order valence-electron chi connectivity index (χ2n) is 11.9.